The first kappa shape index (κ1) is 29.6. The van der Waals surface area contributed by atoms with E-state index in [4.69, 9.17) is 0 Å². The van der Waals surface area contributed by atoms with Crippen molar-refractivity contribution in [3.05, 3.63) is 66.1 Å². The number of hydrogen-bond donors (Lipinski definition) is 2. The van der Waals surface area contributed by atoms with Gasteiger partial charge in [-0.1, -0.05) is 12.1 Å². The summed E-state index contributed by atoms with van der Waals surface area (Å²) < 4.78 is 9.19. The van der Waals surface area contributed by atoms with Crippen LogP contribution < -0.4 is 10.6 Å². The molecule has 0 unspecified atom stereocenters. The number of nitrogens with two attached hydrogens (primary N) is 1. The number of nitrogens with zero attached hydrogens (tertiary/aromatic N) is 2. The second kappa shape index (κ2) is 15.4. The third-order valence-corrected chi connectivity index (χ3v) is 4.35. The van der Waals surface area contributed by atoms with E-state index < -0.39 is 0 Å². The molecule has 4 N–H and O–H groups in total. The van der Waals surface area contributed by atoms with E-state index in [1.165, 1.54) is 14.2 Å². The Hall–Kier alpha value is -3.40. The van der Waals surface area contributed by atoms with E-state index in [0.29, 0.717) is 36.3 Å². The molecule has 0 spiro atoms. The minimum absolute atomic E-state index is 0. The summed E-state index contributed by atoms with van der Waals surface area (Å²) >= 11 is 0. The van der Waals surface area contributed by atoms with E-state index in [0.717, 1.165) is 16.5 Å². The monoisotopic (exact) mass is 633 g/mol. The van der Waals surface area contributed by atoms with Crippen molar-refractivity contribution < 1.29 is 44.0 Å². The molecule has 2 aromatic heterocycles. The second-order valence-corrected chi connectivity index (χ2v) is 6.15. The minimum atomic E-state index is -0.382. The van der Waals surface area contributed by atoms with Gasteiger partial charge in [0.1, 0.15) is 11.4 Å². The van der Waals surface area contributed by atoms with Crippen LogP contribution in [-0.2, 0) is 45.6 Å². The van der Waals surface area contributed by atoms with Gasteiger partial charge in [-0.25, -0.2) is 9.78 Å². The Balaban J connectivity index is 0.000000640. The molecular weight excluding hydrogens is 606 g/mol. The average molecular weight is 633 g/mol. The number of hydrogen-bond acceptors (Lipinski definition) is 8. The summed E-state index contributed by atoms with van der Waals surface area (Å²) in [6, 6.07) is 10.8. The Morgan fingerprint density at radius 1 is 1.03 bits per heavy atom. The summed E-state index contributed by atoms with van der Waals surface area (Å²) in [5.74, 6) is -0.0936. The zero-order valence-corrected chi connectivity index (χ0v) is 20.9. The summed E-state index contributed by atoms with van der Waals surface area (Å²) in [6.45, 7) is 0. The van der Waals surface area contributed by atoms with Crippen molar-refractivity contribution in [2.45, 2.75) is 12.8 Å². The number of esters is 2. The number of ether oxygens (including phenoxy) is 2. The number of amides is 1. The van der Waals surface area contributed by atoms with E-state index in [1.54, 1.807) is 37.6 Å². The second-order valence-electron chi connectivity index (χ2n) is 6.15. The van der Waals surface area contributed by atoms with Gasteiger partial charge in [0.25, 0.3) is 0 Å². The largest absolute Gasteiger partial charge is 0.693 e. The van der Waals surface area contributed by atoms with Gasteiger partial charge < -0.3 is 26.3 Å². The summed E-state index contributed by atoms with van der Waals surface area (Å²) in [5, 5.41) is 6.35. The molecule has 0 atom stereocenters. The van der Waals surface area contributed by atoms with Crippen molar-refractivity contribution in [1.29, 1.82) is 0 Å². The number of rotatable bonds is 7. The number of carbonyl (C=O) groups is 3. The molecule has 3 aromatic rings. The summed E-state index contributed by atoms with van der Waals surface area (Å²) in [5.41, 5.74) is 2.83. The smallest absolute Gasteiger partial charge is 0.341 e. The third-order valence-electron chi connectivity index (χ3n) is 4.35. The van der Waals surface area contributed by atoms with Crippen molar-refractivity contribution in [1.82, 2.24) is 9.97 Å². The maximum Gasteiger partial charge on any atom is 0.341 e. The maximum absolute atomic E-state index is 11.2. The number of nitrogens with one attached hydrogen (secondary N) is 2. The fraction of sp³-hybridized carbons (Fsp3) is 0.227. The molecule has 10 nitrogen and oxygen atoms in total. The predicted octanol–water partition coefficient (Wildman–Crippen LogP) is 3.53. The number of aromatic nitrogens is 2. The van der Waals surface area contributed by atoms with Crippen molar-refractivity contribution in [2.75, 3.05) is 31.9 Å². The van der Waals surface area contributed by atoms with Crippen LogP contribution in [0.25, 0.3) is 17.1 Å². The molecule has 0 bridgehead atoms. The number of pyridine rings is 2. The van der Waals surface area contributed by atoms with Gasteiger partial charge in [0.05, 0.1) is 25.4 Å². The Morgan fingerprint density at radius 2 is 1.73 bits per heavy atom. The maximum atomic E-state index is 11.2. The molecule has 0 fully saturated rings. The van der Waals surface area contributed by atoms with Gasteiger partial charge in [-0.3, -0.25) is 14.6 Å². The number of methoxy groups -OCH3 is 2. The molecule has 179 valence electrons. The van der Waals surface area contributed by atoms with Crippen LogP contribution in [0.2, 0.25) is 0 Å². The quantitative estimate of drug-likeness (QED) is 0.296. The Morgan fingerprint density at radius 3 is 2.36 bits per heavy atom. The molecule has 1 aromatic carbocycles. The first-order chi connectivity index (χ1) is 15.0. The van der Waals surface area contributed by atoms with E-state index in [9.17, 15) is 14.4 Å². The zero-order chi connectivity index (χ0) is 22.6. The summed E-state index contributed by atoms with van der Waals surface area (Å²) in [7, 11) is 4.42. The van der Waals surface area contributed by atoms with Crippen LogP contribution in [-0.4, -0.2) is 49.6 Å². The number of aryl methyl sites for hydroxylation is 1. The molecule has 0 aliphatic carbocycles. The minimum Gasteiger partial charge on any atom is -0.693 e. The molecule has 0 aliphatic rings. The molecule has 1 radical (unpaired) electrons. The standard InChI is InChI=1S/C14H14N2O3.C8H10N2O2.Ir.H2N/c1-19-13(18)7-5-10-4-6-12(16-9-17)14-11(10)3-2-8-15-14;1-9-7-6(8(11)12-2)4-3-5-10-7;;/h2-4,6,8-9H,5,7H2,1H3,(H,16,17);3-5H,1-2H3,(H,9,10);;1H2/q;;;-1. The number of benzene rings is 1. The van der Waals surface area contributed by atoms with Crippen molar-refractivity contribution in [3.63, 3.8) is 0 Å². The van der Waals surface area contributed by atoms with Gasteiger partial charge >= 0.3 is 11.9 Å². The van der Waals surface area contributed by atoms with Gasteiger partial charge in [-0.05, 0) is 36.2 Å². The van der Waals surface area contributed by atoms with Crippen LogP contribution in [0.1, 0.15) is 22.3 Å². The normalized spacial score (nSPS) is 9.18. The zero-order valence-electron chi connectivity index (χ0n) is 18.5. The molecule has 0 aliphatic heterocycles. The van der Waals surface area contributed by atoms with Gasteiger partial charge in [0.15, 0.2) is 0 Å². The van der Waals surface area contributed by atoms with Crippen LogP contribution in [0.4, 0.5) is 11.5 Å². The van der Waals surface area contributed by atoms with Gasteiger partial charge in [-0.15, -0.1) is 0 Å². The Kier molecular flexibility index (Phi) is 13.8. The first-order valence-electron chi connectivity index (χ1n) is 9.40. The average Bonchev–Trinajstić information content (AvgIpc) is 2.83. The molecule has 11 heteroatoms. The Labute approximate surface area is 205 Å². The Bertz CT molecular complexity index is 1060. The van der Waals surface area contributed by atoms with Crippen LogP contribution in [0.15, 0.2) is 48.8 Å². The predicted molar refractivity (Wildman–Crippen MR) is 122 cm³/mol. The van der Waals surface area contributed by atoms with E-state index in [2.05, 4.69) is 30.1 Å². The van der Waals surface area contributed by atoms with E-state index in [-0.39, 0.29) is 38.2 Å². The SMILES string of the molecule is CNc1ncccc1C(=O)OC.COC(=O)CCc1ccc(NC=O)c2ncccc12.[Ir].[NH2-]. The number of fused-ring (bicyclic) bond motifs is 1. The van der Waals surface area contributed by atoms with Gasteiger partial charge in [-0.2, -0.15) is 0 Å². The fourth-order valence-corrected chi connectivity index (χ4v) is 2.85. The van der Waals surface area contributed by atoms with Crippen LogP contribution in [0.5, 0.6) is 0 Å². The summed E-state index contributed by atoms with van der Waals surface area (Å²) in [4.78, 5) is 41.1. The molecule has 3 rings (SSSR count). The number of anilines is 2. The van der Waals surface area contributed by atoms with Crippen molar-refractivity contribution >= 4 is 40.8 Å². The molecule has 0 saturated heterocycles. The van der Waals surface area contributed by atoms with Crippen LogP contribution in [0.3, 0.4) is 0 Å². The molecule has 0 saturated carbocycles. The topological polar surface area (TPSA) is 153 Å². The van der Waals surface area contributed by atoms with E-state index >= 15 is 0 Å². The summed E-state index contributed by atoms with van der Waals surface area (Å²) in [6.07, 6.45) is 4.80. The van der Waals surface area contributed by atoms with Crippen LogP contribution in [0, 0.1) is 0 Å². The van der Waals surface area contributed by atoms with Crippen LogP contribution >= 0.6 is 0 Å². The van der Waals surface area contributed by atoms with Gasteiger partial charge in [0.2, 0.25) is 6.41 Å². The molecular formula is C22H26IrN5O5-. The fourth-order valence-electron chi connectivity index (χ4n) is 2.85. The molecule has 33 heavy (non-hydrogen) atoms. The molecule has 1 amide bonds. The van der Waals surface area contributed by atoms with Crippen molar-refractivity contribution in [2.24, 2.45) is 0 Å². The third kappa shape index (κ3) is 8.23. The van der Waals surface area contributed by atoms with E-state index in [1.807, 2.05) is 18.2 Å². The number of carbonyl (C=O) groups excluding carboxylic acids is 3. The van der Waals surface area contributed by atoms with Crippen molar-refractivity contribution in [3.8, 4) is 0 Å². The molecule has 2 heterocycles. The first-order valence-corrected chi connectivity index (χ1v) is 9.40. The van der Waals surface area contributed by atoms with Gasteiger partial charge in [0, 0.05) is 51.4 Å².